The number of carbonyl (C=O) groups is 4. The van der Waals surface area contributed by atoms with Crippen LogP contribution in [0.5, 0.6) is 23.5 Å². The third-order valence-corrected chi connectivity index (χ3v) is 24.4. The van der Waals surface area contributed by atoms with Crippen LogP contribution in [0, 0.1) is 53.9 Å². The Labute approximate surface area is 662 Å². The van der Waals surface area contributed by atoms with Crippen LogP contribution in [0.25, 0.3) is 38.4 Å². The zero-order chi connectivity index (χ0) is 78.6. The van der Waals surface area contributed by atoms with Gasteiger partial charge in [-0.1, -0.05) is 115 Å². The van der Waals surface area contributed by atoms with Crippen LogP contribution in [-0.2, 0) is 0 Å². The number of nitrogens with zero attached hydrogens (tertiary/aromatic N) is 10. The number of benzene rings is 6. The number of rotatable bonds is 18. The van der Waals surface area contributed by atoms with Crippen LogP contribution in [0.15, 0.2) is 242 Å². The largest absolute Gasteiger partial charge is 0.477 e. The molecule has 4 amide bonds. The van der Waals surface area contributed by atoms with Gasteiger partial charge >= 0.3 is 0 Å². The van der Waals surface area contributed by atoms with Crippen LogP contribution in [-0.4, -0.2) is 148 Å². The van der Waals surface area contributed by atoms with E-state index in [0.29, 0.717) is 61.3 Å². The maximum Gasteiger partial charge on any atom is 0.290 e. The number of carbonyl (C=O) groups excluding carboxylic acids is 4. The topological polar surface area (TPSA) is 201 Å². The number of aryl methyl sites for hydroxylation is 1. The standard InChI is InChI=1S/C24H23FN2O2.C23H21FN2O3.C23H21FN2O2.C22H21FN4O2/c1-15-6-7-16-4-2-3-5-20(16)23(15)24(28)27-19-9-10-21(27)17(12-19)14-29-22-11-8-18(25)13-26-22;24-17-6-9-21(25-13-17)29-14-16-12-18-7-8-20(16)26(18)23(27)22-19(10-11-28-22)15-4-2-1-3-5-15;24-17-8-11-22(25-13-17)28-14-16-12-18-9-10-21(16)26(18)23(27)20-7-3-5-15-4-1-2-6-19(15)20;23-16-6-9-21(24-13-16)29-14-15-12-17-7-8-19(15)27(17)22(28)18-4-1-2-5-20(18)26-11-3-10-25-26/h2-8,11,13,17,19,21H,9-10,12,14H2,1H3;1-6,9-11,13,16,18,20H,7-8,12,14H2;1-8,11,13,16,18,21H,9-10,12,14H2;1-6,9-11,13,15,17,19H,7-8,12,14H2. The number of ether oxygens (including phenoxy) is 4. The quantitative estimate of drug-likeness (QED) is 0.0734. The zero-order valence-corrected chi connectivity index (χ0v) is 63.4. The maximum atomic E-state index is 13.6. The second-order valence-corrected chi connectivity index (χ2v) is 31.0. The Hall–Kier alpha value is -12.3. The van der Waals surface area contributed by atoms with E-state index in [1.54, 1.807) is 29.3 Å². The van der Waals surface area contributed by atoms with Gasteiger partial charge in [0, 0.05) is 120 Å². The van der Waals surface area contributed by atoms with Crippen LogP contribution < -0.4 is 18.9 Å². The van der Waals surface area contributed by atoms with E-state index in [9.17, 15) is 36.7 Å². The molecule has 8 aliphatic rings. The monoisotopic (exact) mass is 1550 g/mol. The van der Waals surface area contributed by atoms with Crippen molar-refractivity contribution in [3.05, 3.63) is 289 Å². The van der Waals surface area contributed by atoms with Gasteiger partial charge in [0.05, 0.1) is 74.3 Å². The fourth-order valence-electron chi connectivity index (χ4n) is 19.2. The third kappa shape index (κ3) is 15.8. The lowest BCUT2D eigenvalue weighted by Gasteiger charge is -2.26. The molecule has 20 rings (SSSR count). The highest BCUT2D eigenvalue weighted by molar-refractivity contribution is 6.09. The summed E-state index contributed by atoms with van der Waals surface area (Å²) in [4.78, 5) is 77.9. The molecule has 0 saturated carbocycles. The molecule has 8 saturated heterocycles. The number of aromatic nitrogens is 6. The van der Waals surface area contributed by atoms with Crippen molar-refractivity contribution >= 4 is 45.2 Å². The Balaban J connectivity index is 0.000000111. The number of furan rings is 1. The average molecular weight is 1550 g/mol. The molecule has 12 unspecified atom stereocenters. The first kappa shape index (κ1) is 75.4. The van der Waals surface area contributed by atoms with Gasteiger partial charge in [-0.3, -0.25) is 19.2 Å². The summed E-state index contributed by atoms with van der Waals surface area (Å²) in [6, 6.07) is 60.4. The van der Waals surface area contributed by atoms with Gasteiger partial charge < -0.3 is 43.0 Å². The van der Waals surface area contributed by atoms with E-state index >= 15 is 0 Å². The molecule has 0 aliphatic carbocycles. The summed E-state index contributed by atoms with van der Waals surface area (Å²) >= 11 is 0. The maximum absolute atomic E-state index is 13.6. The normalized spacial score (nSPS) is 23.0. The fraction of sp³-hybridized carbons (Fsp3) is 0.315. The number of hydrogen-bond donors (Lipinski definition) is 0. The smallest absolute Gasteiger partial charge is 0.290 e. The average Bonchev–Trinajstić information content (AvgIpc) is 1.64. The molecule has 8 aliphatic heterocycles. The Morgan fingerprint density at radius 2 is 0.809 bits per heavy atom. The molecule has 6 aromatic heterocycles. The molecule has 14 heterocycles. The van der Waals surface area contributed by atoms with Crippen LogP contribution in [0.4, 0.5) is 17.6 Å². The first-order valence-corrected chi connectivity index (χ1v) is 39.7. The molecule has 0 N–H and O–H groups in total. The lowest BCUT2D eigenvalue weighted by atomic mass is 9.90. The van der Waals surface area contributed by atoms with Gasteiger partial charge in [0.2, 0.25) is 23.5 Å². The van der Waals surface area contributed by atoms with Crippen molar-refractivity contribution in [3.63, 3.8) is 0 Å². The van der Waals surface area contributed by atoms with Crippen LogP contribution in [0.3, 0.4) is 0 Å². The van der Waals surface area contributed by atoms with Gasteiger partial charge in [0.1, 0.15) is 23.3 Å². The van der Waals surface area contributed by atoms with E-state index in [1.165, 1.54) is 36.4 Å². The number of amides is 4. The molecule has 8 fully saturated rings. The Bertz CT molecular complexity index is 5430. The lowest BCUT2D eigenvalue weighted by Crippen LogP contribution is -2.38. The Morgan fingerprint density at radius 3 is 1.28 bits per heavy atom. The highest BCUT2D eigenvalue weighted by Crippen LogP contribution is 2.48. The molecule has 19 nitrogen and oxygen atoms in total. The number of para-hydroxylation sites is 1. The van der Waals surface area contributed by atoms with Gasteiger partial charge in [-0.05, 0) is 171 Å². The summed E-state index contributed by atoms with van der Waals surface area (Å²) in [6.07, 6.45) is 21.5. The first-order chi connectivity index (χ1) is 56.2. The molecule has 8 bridgehead atoms. The van der Waals surface area contributed by atoms with Crippen molar-refractivity contribution in [2.45, 2.75) is 132 Å². The van der Waals surface area contributed by atoms with Gasteiger partial charge in [-0.15, -0.1) is 0 Å². The molecular formula is C92H86F4N10O9. The molecule has 12 atom stereocenters. The summed E-state index contributed by atoms with van der Waals surface area (Å²) in [7, 11) is 0. The Kier molecular flexibility index (Phi) is 21.9. The molecular weight excluding hydrogens is 1470 g/mol. The number of halogens is 4. The second-order valence-electron chi connectivity index (χ2n) is 31.0. The van der Waals surface area contributed by atoms with Crippen molar-refractivity contribution < 1.29 is 60.1 Å². The predicted molar refractivity (Wildman–Crippen MR) is 423 cm³/mol. The minimum Gasteiger partial charge on any atom is -0.477 e. The van der Waals surface area contributed by atoms with E-state index in [0.717, 1.165) is 157 Å². The third-order valence-electron chi connectivity index (χ3n) is 24.4. The number of hydrogen-bond acceptors (Lipinski definition) is 14. The summed E-state index contributed by atoms with van der Waals surface area (Å²) in [6.45, 7) is 3.95. The SMILES string of the molecule is Cc1ccc2ccccc2c1C(=O)N1C2CCC1C(COc1ccc(F)cn1)C2.O=C(c1cccc2ccccc12)N1C2CCC1C(COc1ccc(F)cn1)C2.O=C(c1ccccc1-n1cccn1)N1C2CCC1C(COc1ccc(F)cn1)C2.O=C(c1occc1-c1ccccc1)N1C2CCC1C(COc1ccc(F)cn1)C2. The minimum atomic E-state index is -0.387. The van der Waals surface area contributed by atoms with E-state index in [1.807, 2.05) is 156 Å². The molecule has 6 aromatic carbocycles. The zero-order valence-electron chi connectivity index (χ0n) is 63.4. The van der Waals surface area contributed by atoms with Crippen LogP contribution in [0.1, 0.15) is 124 Å². The van der Waals surface area contributed by atoms with Gasteiger partial charge in [-0.2, -0.15) is 5.10 Å². The van der Waals surface area contributed by atoms with Gasteiger partial charge in [0.25, 0.3) is 23.6 Å². The first-order valence-electron chi connectivity index (χ1n) is 39.7. The Morgan fingerprint density at radius 1 is 0.400 bits per heavy atom. The fourth-order valence-corrected chi connectivity index (χ4v) is 19.2. The lowest BCUT2D eigenvalue weighted by molar-refractivity contribution is 0.0674. The molecule has 0 spiro atoms. The van der Waals surface area contributed by atoms with Gasteiger partial charge in [0.15, 0.2) is 5.76 Å². The van der Waals surface area contributed by atoms with Crippen molar-refractivity contribution in [2.24, 2.45) is 23.7 Å². The van der Waals surface area contributed by atoms with Gasteiger partial charge in [-0.25, -0.2) is 42.2 Å². The highest BCUT2D eigenvalue weighted by atomic mass is 19.1. The number of fused-ring (bicyclic) bond motifs is 10. The molecule has 586 valence electrons. The highest BCUT2D eigenvalue weighted by Gasteiger charge is 2.53. The summed E-state index contributed by atoms with van der Waals surface area (Å²) in [5.41, 5.74) is 5.86. The predicted octanol–water partition coefficient (Wildman–Crippen LogP) is 17.2. The van der Waals surface area contributed by atoms with Crippen LogP contribution >= 0.6 is 0 Å². The van der Waals surface area contributed by atoms with E-state index < -0.39 is 0 Å². The minimum absolute atomic E-state index is 0.0472. The van der Waals surface area contributed by atoms with Crippen molar-refractivity contribution in [3.8, 4) is 40.3 Å². The molecule has 115 heavy (non-hydrogen) atoms. The second kappa shape index (κ2) is 33.4. The molecule has 0 radical (unpaired) electrons. The summed E-state index contributed by atoms with van der Waals surface area (Å²) in [5.74, 6) is 1.84. The van der Waals surface area contributed by atoms with Crippen molar-refractivity contribution in [1.29, 1.82) is 0 Å². The van der Waals surface area contributed by atoms with E-state index in [2.05, 4.69) is 47.0 Å². The van der Waals surface area contributed by atoms with E-state index in [4.69, 9.17) is 23.4 Å². The number of pyridine rings is 4. The van der Waals surface area contributed by atoms with Crippen LogP contribution in [0.2, 0.25) is 0 Å². The van der Waals surface area contributed by atoms with E-state index in [-0.39, 0.29) is 119 Å². The summed E-state index contributed by atoms with van der Waals surface area (Å²) < 4.78 is 82.6. The molecule has 12 aromatic rings. The summed E-state index contributed by atoms with van der Waals surface area (Å²) in [5, 5.41) is 8.49. The molecule has 23 heteroatoms. The van der Waals surface area contributed by atoms with Crippen molar-refractivity contribution in [2.75, 3.05) is 26.4 Å². The van der Waals surface area contributed by atoms with Crippen molar-refractivity contribution in [1.82, 2.24) is 49.3 Å².